The third-order valence-corrected chi connectivity index (χ3v) is 2.78. The number of anilines is 1. The molecule has 0 fully saturated rings. The molecule has 2 aromatic rings. The number of amides is 1. The van der Waals surface area contributed by atoms with E-state index in [-0.39, 0.29) is 5.91 Å². The van der Waals surface area contributed by atoms with Crippen molar-refractivity contribution in [2.45, 2.75) is 6.92 Å². The van der Waals surface area contributed by atoms with Crippen LogP contribution < -0.4 is 5.32 Å². The van der Waals surface area contributed by atoms with Gasteiger partial charge in [0.1, 0.15) is 11.6 Å². The van der Waals surface area contributed by atoms with Crippen LogP contribution in [0.3, 0.4) is 0 Å². The molecule has 0 aliphatic heterocycles. The van der Waals surface area contributed by atoms with E-state index in [1.165, 1.54) is 17.8 Å². The fourth-order valence-electron chi connectivity index (χ4n) is 1.50. The molecule has 0 spiro atoms. The highest BCUT2D eigenvalue weighted by Crippen LogP contribution is 2.21. The van der Waals surface area contributed by atoms with E-state index in [9.17, 15) is 4.79 Å². The Hall–Kier alpha value is -2.13. The predicted molar refractivity (Wildman–Crippen MR) is 70.3 cm³/mol. The lowest BCUT2D eigenvalue weighted by molar-refractivity contribution is -0.114. The van der Waals surface area contributed by atoms with Crippen molar-refractivity contribution in [3.05, 3.63) is 40.5 Å². The zero-order valence-electron chi connectivity index (χ0n) is 9.51. The van der Waals surface area contributed by atoms with Gasteiger partial charge in [0.25, 0.3) is 0 Å². The summed E-state index contributed by atoms with van der Waals surface area (Å²) in [5.41, 5.74) is 1.09. The number of nitrogens with one attached hydrogen (secondary N) is 1. The normalized spacial score (nSPS) is 9.83. The number of hydrogen-bond donors (Lipinski definition) is 1. The van der Waals surface area contributed by atoms with Crippen LogP contribution in [0.4, 0.5) is 5.82 Å². The van der Waals surface area contributed by atoms with Gasteiger partial charge in [-0.3, -0.25) is 4.79 Å². The summed E-state index contributed by atoms with van der Waals surface area (Å²) in [6.45, 7) is 1.39. The summed E-state index contributed by atoms with van der Waals surface area (Å²) in [4.78, 5) is 11.1. The lowest BCUT2D eigenvalue weighted by atomic mass is 10.3. The number of carbonyl (C=O) groups is 1. The first-order chi connectivity index (χ1) is 8.61. The summed E-state index contributed by atoms with van der Waals surface area (Å²) >= 11 is 3.34. The molecule has 90 valence electrons. The van der Waals surface area contributed by atoms with E-state index in [1.54, 1.807) is 0 Å². The Bertz CT molecular complexity index is 625. The average Bonchev–Trinajstić information content (AvgIpc) is 2.72. The molecule has 1 amide bonds. The van der Waals surface area contributed by atoms with E-state index in [1.807, 2.05) is 30.3 Å². The third kappa shape index (κ3) is 2.41. The minimum Gasteiger partial charge on any atom is -0.310 e. The lowest BCUT2D eigenvalue weighted by Gasteiger charge is -2.08. The summed E-state index contributed by atoms with van der Waals surface area (Å²) in [5, 5.41) is 15.7. The van der Waals surface area contributed by atoms with Gasteiger partial charge in [-0.1, -0.05) is 15.9 Å². The van der Waals surface area contributed by atoms with Crippen molar-refractivity contribution >= 4 is 27.7 Å². The van der Waals surface area contributed by atoms with Gasteiger partial charge in [0.15, 0.2) is 5.82 Å². The number of nitrogens with zero attached hydrogens (tertiary/aromatic N) is 3. The number of halogens is 1. The maximum atomic E-state index is 11.1. The zero-order chi connectivity index (χ0) is 13.1. The molecular weight excluding hydrogens is 296 g/mol. The van der Waals surface area contributed by atoms with Gasteiger partial charge in [0, 0.05) is 11.4 Å². The van der Waals surface area contributed by atoms with Crippen LogP contribution in [0.1, 0.15) is 12.5 Å². The molecule has 1 N–H and O–H groups in total. The molecule has 0 atom stereocenters. The summed E-state index contributed by atoms with van der Waals surface area (Å²) in [6, 6.07) is 9.39. The van der Waals surface area contributed by atoms with Crippen molar-refractivity contribution in [2.75, 3.05) is 5.32 Å². The molecular formula is C12H9BrN4O. The highest BCUT2D eigenvalue weighted by molar-refractivity contribution is 9.10. The Labute approximate surface area is 112 Å². The number of aromatic nitrogens is 2. The topological polar surface area (TPSA) is 70.7 Å². The van der Waals surface area contributed by atoms with Gasteiger partial charge in [-0.15, -0.1) is 0 Å². The molecule has 0 saturated carbocycles. The highest BCUT2D eigenvalue weighted by Gasteiger charge is 2.13. The number of nitriles is 1. The van der Waals surface area contributed by atoms with Crippen molar-refractivity contribution in [1.82, 2.24) is 9.78 Å². The molecule has 0 aliphatic rings. The quantitative estimate of drug-likeness (QED) is 0.926. The van der Waals surface area contributed by atoms with E-state index < -0.39 is 0 Å². The van der Waals surface area contributed by atoms with Crippen molar-refractivity contribution in [3.8, 4) is 11.8 Å². The van der Waals surface area contributed by atoms with E-state index in [4.69, 9.17) is 5.26 Å². The first kappa shape index (κ1) is 12.3. The van der Waals surface area contributed by atoms with Crippen LogP contribution in [-0.4, -0.2) is 15.7 Å². The predicted octanol–water partition coefficient (Wildman–Crippen LogP) is 2.46. The van der Waals surface area contributed by atoms with Crippen molar-refractivity contribution < 1.29 is 4.79 Å². The maximum Gasteiger partial charge on any atom is 0.222 e. The second-order valence-electron chi connectivity index (χ2n) is 3.59. The van der Waals surface area contributed by atoms with E-state index in [0.29, 0.717) is 11.4 Å². The lowest BCUT2D eigenvalue weighted by Crippen LogP contribution is -2.12. The molecule has 0 saturated heterocycles. The second kappa shape index (κ2) is 5.02. The molecule has 1 aromatic heterocycles. The monoisotopic (exact) mass is 304 g/mol. The van der Waals surface area contributed by atoms with Crippen LogP contribution in [-0.2, 0) is 4.79 Å². The Morgan fingerprint density at radius 1 is 1.44 bits per heavy atom. The van der Waals surface area contributed by atoms with E-state index in [2.05, 4.69) is 26.3 Å². The Morgan fingerprint density at radius 3 is 2.67 bits per heavy atom. The van der Waals surface area contributed by atoms with Gasteiger partial charge in [-0.2, -0.15) is 10.4 Å². The summed E-state index contributed by atoms with van der Waals surface area (Å²) in [6.07, 6.45) is 1.42. The minimum atomic E-state index is -0.245. The minimum absolute atomic E-state index is 0.245. The molecule has 18 heavy (non-hydrogen) atoms. The number of carbonyl (C=O) groups excluding carboxylic acids is 1. The molecule has 0 aliphatic carbocycles. The van der Waals surface area contributed by atoms with Gasteiger partial charge in [-0.25, -0.2) is 4.68 Å². The fraction of sp³-hybridized carbons (Fsp3) is 0.0833. The highest BCUT2D eigenvalue weighted by atomic mass is 79.9. The van der Waals surface area contributed by atoms with Crippen molar-refractivity contribution in [3.63, 3.8) is 0 Å². The van der Waals surface area contributed by atoms with Gasteiger partial charge < -0.3 is 5.32 Å². The fourth-order valence-corrected chi connectivity index (χ4v) is 1.76. The first-order valence-electron chi connectivity index (χ1n) is 5.13. The average molecular weight is 305 g/mol. The van der Waals surface area contributed by atoms with Crippen LogP contribution in [0.15, 0.2) is 34.9 Å². The number of rotatable bonds is 2. The SMILES string of the molecule is CC(=O)Nc1c(C#N)cnn1-c1ccc(Br)cc1. The van der Waals surface area contributed by atoms with Crippen LogP contribution in [0, 0.1) is 11.3 Å². The Balaban J connectivity index is 2.51. The van der Waals surface area contributed by atoms with Gasteiger partial charge >= 0.3 is 0 Å². The largest absolute Gasteiger partial charge is 0.310 e. The molecule has 5 nitrogen and oxygen atoms in total. The number of hydrogen-bond acceptors (Lipinski definition) is 3. The van der Waals surface area contributed by atoms with Crippen molar-refractivity contribution in [1.29, 1.82) is 5.26 Å². The second-order valence-corrected chi connectivity index (χ2v) is 4.50. The first-order valence-corrected chi connectivity index (χ1v) is 5.93. The molecule has 6 heteroatoms. The Morgan fingerprint density at radius 2 is 2.11 bits per heavy atom. The van der Waals surface area contributed by atoms with Gasteiger partial charge in [0.05, 0.1) is 11.9 Å². The maximum absolute atomic E-state index is 11.1. The molecule has 1 heterocycles. The number of benzene rings is 1. The summed E-state index contributed by atoms with van der Waals surface area (Å²) in [5.74, 6) is 0.137. The third-order valence-electron chi connectivity index (χ3n) is 2.26. The van der Waals surface area contributed by atoms with Crippen LogP contribution >= 0.6 is 15.9 Å². The smallest absolute Gasteiger partial charge is 0.222 e. The van der Waals surface area contributed by atoms with Crippen LogP contribution in [0.2, 0.25) is 0 Å². The van der Waals surface area contributed by atoms with Gasteiger partial charge in [0.2, 0.25) is 5.91 Å². The van der Waals surface area contributed by atoms with Crippen molar-refractivity contribution in [2.24, 2.45) is 0 Å². The summed E-state index contributed by atoms with van der Waals surface area (Å²) in [7, 11) is 0. The molecule has 1 aromatic carbocycles. The van der Waals surface area contributed by atoms with E-state index in [0.717, 1.165) is 10.2 Å². The van der Waals surface area contributed by atoms with Crippen LogP contribution in [0.5, 0.6) is 0 Å². The van der Waals surface area contributed by atoms with E-state index >= 15 is 0 Å². The zero-order valence-corrected chi connectivity index (χ0v) is 11.1. The molecule has 0 radical (unpaired) electrons. The molecule has 0 unspecified atom stereocenters. The van der Waals surface area contributed by atoms with Gasteiger partial charge in [-0.05, 0) is 24.3 Å². The Kier molecular flexibility index (Phi) is 3.44. The van der Waals surface area contributed by atoms with Crippen LogP contribution in [0.25, 0.3) is 5.69 Å². The molecule has 0 bridgehead atoms. The summed E-state index contributed by atoms with van der Waals surface area (Å²) < 4.78 is 2.46. The standard InChI is InChI=1S/C12H9BrN4O/c1-8(18)16-12-9(6-14)7-15-17(12)11-4-2-10(13)3-5-11/h2-5,7H,1H3,(H,16,18). The molecule has 2 rings (SSSR count).